The van der Waals surface area contributed by atoms with Gasteiger partial charge in [0.1, 0.15) is 0 Å². The Morgan fingerprint density at radius 3 is 1.00 bits per heavy atom. The summed E-state index contributed by atoms with van der Waals surface area (Å²) in [5, 5.41) is 0. The van der Waals surface area contributed by atoms with E-state index in [4.69, 9.17) is 0 Å². The molecule has 1 saturated carbocycles. The molecule has 0 nitrogen and oxygen atoms in total. The van der Waals surface area contributed by atoms with Crippen molar-refractivity contribution < 1.29 is 0 Å². The monoisotopic (exact) mass is 234 g/mol. The van der Waals surface area contributed by atoms with Crippen molar-refractivity contribution in [3.63, 3.8) is 0 Å². The molecule has 2 aliphatic rings. The molecule has 0 aromatic heterocycles. The molecule has 0 heterocycles. The molecule has 0 aromatic carbocycles. The van der Waals surface area contributed by atoms with E-state index in [1.807, 2.05) is 0 Å². The van der Waals surface area contributed by atoms with Gasteiger partial charge in [-0.1, -0.05) is 66.5 Å². The predicted octanol–water partition coefficient (Wildman–Crippen LogP) is 5.44. The second kappa shape index (κ2) is 2.68. The van der Waals surface area contributed by atoms with E-state index < -0.39 is 0 Å². The third-order valence-electron chi connectivity index (χ3n) is 8.38. The summed E-state index contributed by atoms with van der Waals surface area (Å²) in [5.74, 6) is 0. The standard InChI is InChI=1S/C17H30/c1-11-12(2)14(5,6)17(10)15(7,8)16(17,9)13(11,3)4/h1-10H3. The Labute approximate surface area is 108 Å². The Balaban J connectivity index is 2.81. The van der Waals surface area contributed by atoms with Crippen LogP contribution in [0.4, 0.5) is 0 Å². The average molecular weight is 234 g/mol. The molecular weight excluding hydrogens is 204 g/mol. The van der Waals surface area contributed by atoms with Gasteiger partial charge in [0, 0.05) is 0 Å². The van der Waals surface area contributed by atoms with Crippen molar-refractivity contribution in [3.8, 4) is 0 Å². The fraction of sp³-hybridized carbons (Fsp3) is 0.882. The van der Waals surface area contributed by atoms with Gasteiger partial charge in [0.25, 0.3) is 0 Å². The Kier molecular flexibility index (Phi) is 2.08. The minimum absolute atomic E-state index is 0.310. The lowest BCUT2D eigenvalue weighted by Gasteiger charge is -2.50. The molecule has 0 radical (unpaired) electrons. The molecule has 2 atom stereocenters. The van der Waals surface area contributed by atoms with Crippen molar-refractivity contribution in [1.82, 2.24) is 0 Å². The SMILES string of the molecule is CC1=C(C)C(C)(C)C2(C)C(C)(C)C2(C)C1(C)C. The number of fused-ring (bicyclic) bond motifs is 1. The molecule has 1 fully saturated rings. The van der Waals surface area contributed by atoms with Crippen LogP contribution in [-0.4, -0.2) is 0 Å². The maximum Gasteiger partial charge on any atom is -0.00799 e. The van der Waals surface area contributed by atoms with E-state index in [0.29, 0.717) is 27.1 Å². The van der Waals surface area contributed by atoms with E-state index in [2.05, 4.69) is 69.2 Å². The summed E-state index contributed by atoms with van der Waals surface area (Å²) in [4.78, 5) is 0. The molecule has 0 bridgehead atoms. The highest BCUT2D eigenvalue weighted by Crippen LogP contribution is 2.92. The zero-order valence-electron chi connectivity index (χ0n) is 13.5. The summed E-state index contributed by atoms with van der Waals surface area (Å²) in [6.07, 6.45) is 0. The van der Waals surface area contributed by atoms with Crippen molar-refractivity contribution in [2.24, 2.45) is 27.1 Å². The number of rotatable bonds is 0. The van der Waals surface area contributed by atoms with Crippen LogP contribution >= 0.6 is 0 Å². The minimum Gasteiger partial charge on any atom is -0.0676 e. The number of allylic oxidation sites excluding steroid dienone is 2. The van der Waals surface area contributed by atoms with Gasteiger partial charge in [0.05, 0.1) is 0 Å². The molecule has 2 aliphatic carbocycles. The van der Waals surface area contributed by atoms with Crippen molar-refractivity contribution in [3.05, 3.63) is 11.1 Å². The van der Waals surface area contributed by atoms with E-state index in [0.717, 1.165) is 0 Å². The van der Waals surface area contributed by atoms with Crippen LogP contribution in [0.1, 0.15) is 69.2 Å². The quantitative estimate of drug-likeness (QED) is 0.489. The van der Waals surface area contributed by atoms with Gasteiger partial charge in [-0.2, -0.15) is 0 Å². The fourth-order valence-corrected chi connectivity index (χ4v) is 5.84. The van der Waals surface area contributed by atoms with Crippen LogP contribution in [0, 0.1) is 27.1 Å². The van der Waals surface area contributed by atoms with E-state index >= 15 is 0 Å². The largest absolute Gasteiger partial charge is 0.0676 e. The highest BCUT2D eigenvalue weighted by Gasteiger charge is 2.86. The topological polar surface area (TPSA) is 0 Å². The second-order valence-corrected chi connectivity index (χ2v) is 8.38. The maximum absolute atomic E-state index is 2.52. The summed E-state index contributed by atoms with van der Waals surface area (Å²) in [6.45, 7) is 24.5. The Morgan fingerprint density at radius 2 is 0.765 bits per heavy atom. The van der Waals surface area contributed by atoms with E-state index in [9.17, 15) is 0 Å². The third-order valence-corrected chi connectivity index (χ3v) is 8.38. The lowest BCUT2D eigenvalue weighted by atomic mass is 9.54. The molecule has 0 aromatic rings. The molecule has 0 saturated heterocycles. The molecule has 2 unspecified atom stereocenters. The van der Waals surface area contributed by atoms with E-state index in [1.165, 1.54) is 0 Å². The predicted molar refractivity (Wildman–Crippen MR) is 75.9 cm³/mol. The maximum atomic E-state index is 2.52. The summed E-state index contributed by atoms with van der Waals surface area (Å²) < 4.78 is 0. The van der Waals surface area contributed by atoms with Crippen molar-refractivity contribution in [2.45, 2.75) is 69.2 Å². The van der Waals surface area contributed by atoms with Crippen LogP contribution in [0.3, 0.4) is 0 Å². The first-order chi connectivity index (χ1) is 7.32. The van der Waals surface area contributed by atoms with Crippen molar-refractivity contribution in [2.75, 3.05) is 0 Å². The van der Waals surface area contributed by atoms with Crippen LogP contribution < -0.4 is 0 Å². The molecule has 17 heavy (non-hydrogen) atoms. The Morgan fingerprint density at radius 1 is 0.529 bits per heavy atom. The first-order valence-electron chi connectivity index (χ1n) is 7.00. The van der Waals surface area contributed by atoms with E-state index in [1.54, 1.807) is 11.1 Å². The summed E-state index contributed by atoms with van der Waals surface area (Å²) >= 11 is 0. The average Bonchev–Trinajstić information content (AvgIpc) is 2.57. The molecule has 0 heteroatoms. The zero-order chi connectivity index (χ0) is 13.7. The Hall–Kier alpha value is -0.260. The summed E-state index contributed by atoms with van der Waals surface area (Å²) in [5.41, 5.74) is 5.07. The first kappa shape index (κ1) is 13.2. The molecule has 0 N–H and O–H groups in total. The minimum atomic E-state index is 0.310. The van der Waals surface area contributed by atoms with Crippen molar-refractivity contribution in [1.29, 1.82) is 0 Å². The van der Waals surface area contributed by atoms with Crippen LogP contribution in [0.15, 0.2) is 11.1 Å². The molecule has 98 valence electrons. The Bertz CT molecular complexity index is 381. The zero-order valence-corrected chi connectivity index (χ0v) is 13.5. The van der Waals surface area contributed by atoms with Gasteiger partial charge in [-0.05, 0) is 40.9 Å². The van der Waals surface area contributed by atoms with Crippen LogP contribution in [0.5, 0.6) is 0 Å². The third kappa shape index (κ3) is 0.861. The second-order valence-electron chi connectivity index (χ2n) is 8.38. The summed E-state index contributed by atoms with van der Waals surface area (Å²) in [6, 6.07) is 0. The molecule has 2 rings (SSSR count). The highest BCUT2D eigenvalue weighted by atomic mass is 14.9. The van der Waals surface area contributed by atoms with Gasteiger partial charge in [0.15, 0.2) is 0 Å². The first-order valence-corrected chi connectivity index (χ1v) is 7.00. The van der Waals surface area contributed by atoms with E-state index in [-0.39, 0.29) is 0 Å². The lowest BCUT2D eigenvalue weighted by Crippen LogP contribution is -2.42. The van der Waals surface area contributed by atoms with Gasteiger partial charge in [0.2, 0.25) is 0 Å². The van der Waals surface area contributed by atoms with Crippen LogP contribution in [0.25, 0.3) is 0 Å². The number of hydrogen-bond donors (Lipinski definition) is 0. The highest BCUT2D eigenvalue weighted by molar-refractivity contribution is 5.46. The normalized spacial score (nSPS) is 45.5. The molecule has 0 aliphatic heterocycles. The van der Waals surface area contributed by atoms with Gasteiger partial charge in [-0.25, -0.2) is 0 Å². The molecule has 0 amide bonds. The lowest BCUT2D eigenvalue weighted by molar-refractivity contribution is 0.0924. The molecule has 0 spiro atoms. The summed E-state index contributed by atoms with van der Waals surface area (Å²) in [7, 11) is 0. The smallest absolute Gasteiger partial charge is 0.00799 e. The van der Waals surface area contributed by atoms with Gasteiger partial charge in [-0.3, -0.25) is 0 Å². The van der Waals surface area contributed by atoms with Gasteiger partial charge < -0.3 is 0 Å². The van der Waals surface area contributed by atoms with Gasteiger partial charge >= 0.3 is 0 Å². The van der Waals surface area contributed by atoms with Crippen LogP contribution in [0.2, 0.25) is 0 Å². The van der Waals surface area contributed by atoms with Crippen LogP contribution in [-0.2, 0) is 0 Å². The van der Waals surface area contributed by atoms with Crippen molar-refractivity contribution >= 4 is 0 Å². The fourth-order valence-electron chi connectivity index (χ4n) is 5.84. The van der Waals surface area contributed by atoms with Gasteiger partial charge in [-0.15, -0.1) is 0 Å². The molecular formula is C17H30. The number of hydrogen-bond acceptors (Lipinski definition) is 0.